The molecule has 18 heavy (non-hydrogen) atoms. The Kier molecular flexibility index (Phi) is 5.92. The summed E-state index contributed by atoms with van der Waals surface area (Å²) in [6, 6.07) is 3.11. The first-order valence-corrected chi connectivity index (χ1v) is 6.14. The minimum absolute atomic E-state index is 0.0957. The highest BCUT2D eigenvalue weighted by molar-refractivity contribution is 5.97. The molecule has 0 fully saturated rings. The van der Waals surface area contributed by atoms with E-state index in [9.17, 15) is 13.6 Å². The van der Waals surface area contributed by atoms with Crippen LogP contribution in [-0.4, -0.2) is 19.0 Å². The third kappa shape index (κ3) is 4.18. The van der Waals surface area contributed by atoms with Gasteiger partial charge in [0.05, 0.1) is 0 Å². The van der Waals surface area contributed by atoms with E-state index in [4.69, 9.17) is 4.74 Å². The van der Waals surface area contributed by atoms with Crippen molar-refractivity contribution in [1.82, 2.24) is 0 Å². The van der Waals surface area contributed by atoms with Gasteiger partial charge in [0, 0.05) is 12.2 Å². The first-order valence-electron chi connectivity index (χ1n) is 6.14. The maximum Gasteiger partial charge on any atom is 0.188 e. The predicted octanol–water partition coefficient (Wildman–Crippen LogP) is 3.60. The fraction of sp³-hybridized carbons (Fsp3) is 0.500. The van der Waals surface area contributed by atoms with Crippen molar-refractivity contribution in [2.75, 3.05) is 13.2 Å². The van der Waals surface area contributed by atoms with E-state index in [1.54, 1.807) is 0 Å². The van der Waals surface area contributed by atoms with Gasteiger partial charge in [-0.25, -0.2) is 8.78 Å². The number of halogens is 2. The summed E-state index contributed by atoms with van der Waals surface area (Å²) < 4.78 is 30.9. The molecule has 2 nitrogen and oxygen atoms in total. The normalized spacial score (nSPS) is 10.9. The van der Waals surface area contributed by atoms with Crippen LogP contribution in [0.5, 0.6) is 0 Å². The van der Waals surface area contributed by atoms with Crippen molar-refractivity contribution >= 4 is 5.78 Å². The lowest BCUT2D eigenvalue weighted by molar-refractivity contribution is 0.0666. The van der Waals surface area contributed by atoms with Gasteiger partial charge in [-0.3, -0.25) is 4.79 Å². The largest absolute Gasteiger partial charge is 0.373 e. The summed E-state index contributed by atoms with van der Waals surface area (Å²) in [5, 5.41) is 0. The number of carbonyl (C=O) groups is 1. The Bertz CT molecular complexity index is 401. The van der Waals surface area contributed by atoms with Crippen LogP contribution in [-0.2, 0) is 4.74 Å². The summed E-state index contributed by atoms with van der Waals surface area (Å²) in [5.74, 6) is -1.87. The van der Waals surface area contributed by atoms with Crippen LogP contribution >= 0.6 is 0 Å². The van der Waals surface area contributed by atoms with Crippen molar-refractivity contribution in [3.63, 3.8) is 0 Å². The van der Waals surface area contributed by atoms with Gasteiger partial charge in [0.2, 0.25) is 0 Å². The van der Waals surface area contributed by atoms with Crippen molar-refractivity contribution in [1.29, 1.82) is 0 Å². The highest BCUT2D eigenvalue weighted by Gasteiger charge is 2.11. The molecule has 0 aliphatic heterocycles. The molecule has 0 aromatic heterocycles. The average molecular weight is 256 g/mol. The number of ether oxygens (including phenoxy) is 1. The molecule has 0 bridgehead atoms. The molecule has 0 N–H and O–H groups in total. The lowest BCUT2D eigenvalue weighted by Gasteiger charge is -2.12. The van der Waals surface area contributed by atoms with Crippen molar-refractivity contribution in [2.45, 2.75) is 26.7 Å². The summed E-state index contributed by atoms with van der Waals surface area (Å²) >= 11 is 0. The van der Waals surface area contributed by atoms with Crippen LogP contribution in [0.3, 0.4) is 0 Å². The third-order valence-corrected chi connectivity index (χ3v) is 2.98. The Morgan fingerprint density at radius 2 is 1.89 bits per heavy atom. The zero-order valence-corrected chi connectivity index (χ0v) is 10.7. The molecule has 0 atom stereocenters. The Labute approximate surface area is 106 Å². The van der Waals surface area contributed by atoms with Crippen LogP contribution in [0.2, 0.25) is 0 Å². The Balaban J connectivity index is 2.48. The Hall–Kier alpha value is -1.29. The molecular formula is C14H18F2O2. The molecule has 100 valence electrons. The summed E-state index contributed by atoms with van der Waals surface area (Å²) in [6.45, 7) is 4.55. The molecule has 0 aliphatic rings. The molecule has 0 saturated carbocycles. The van der Waals surface area contributed by atoms with E-state index in [2.05, 4.69) is 13.8 Å². The Morgan fingerprint density at radius 3 is 2.44 bits per heavy atom. The van der Waals surface area contributed by atoms with E-state index in [0.29, 0.717) is 12.5 Å². The van der Waals surface area contributed by atoms with Crippen LogP contribution in [0.15, 0.2) is 18.2 Å². The van der Waals surface area contributed by atoms with Gasteiger partial charge in [-0.05, 0) is 24.1 Å². The van der Waals surface area contributed by atoms with E-state index in [0.717, 1.165) is 25.0 Å². The molecule has 0 aliphatic carbocycles. The lowest BCUT2D eigenvalue weighted by atomic mass is 10.1. The smallest absolute Gasteiger partial charge is 0.188 e. The van der Waals surface area contributed by atoms with Gasteiger partial charge in [0.1, 0.15) is 6.61 Å². The summed E-state index contributed by atoms with van der Waals surface area (Å²) in [4.78, 5) is 11.7. The molecular weight excluding hydrogens is 238 g/mol. The molecule has 0 saturated heterocycles. The fourth-order valence-electron chi connectivity index (χ4n) is 1.60. The maximum absolute atomic E-state index is 12.9. The zero-order chi connectivity index (χ0) is 13.5. The zero-order valence-electron chi connectivity index (χ0n) is 10.7. The maximum atomic E-state index is 12.9. The van der Waals surface area contributed by atoms with Crippen LogP contribution in [0.1, 0.15) is 37.0 Å². The minimum atomic E-state index is -1.01. The first-order chi connectivity index (χ1) is 8.58. The highest BCUT2D eigenvalue weighted by atomic mass is 19.2. The monoisotopic (exact) mass is 256 g/mol. The quantitative estimate of drug-likeness (QED) is 0.697. The number of rotatable bonds is 7. The predicted molar refractivity (Wildman–Crippen MR) is 65.6 cm³/mol. The van der Waals surface area contributed by atoms with E-state index in [1.807, 2.05) is 0 Å². The number of benzene rings is 1. The fourth-order valence-corrected chi connectivity index (χ4v) is 1.60. The average Bonchev–Trinajstić information content (AvgIpc) is 2.37. The molecule has 1 aromatic carbocycles. The van der Waals surface area contributed by atoms with E-state index < -0.39 is 11.6 Å². The van der Waals surface area contributed by atoms with Crippen molar-refractivity contribution in [3.05, 3.63) is 35.4 Å². The number of carbonyl (C=O) groups excluding carboxylic acids is 1. The van der Waals surface area contributed by atoms with Crippen LogP contribution in [0, 0.1) is 17.6 Å². The van der Waals surface area contributed by atoms with Crippen molar-refractivity contribution in [2.24, 2.45) is 5.92 Å². The number of hydrogen-bond donors (Lipinski definition) is 0. The van der Waals surface area contributed by atoms with Crippen LogP contribution in [0.4, 0.5) is 8.78 Å². The van der Waals surface area contributed by atoms with Gasteiger partial charge in [0.15, 0.2) is 17.4 Å². The molecule has 0 spiro atoms. The molecule has 1 aromatic rings. The number of ketones is 1. The molecule has 0 unspecified atom stereocenters. The van der Waals surface area contributed by atoms with Crippen molar-refractivity contribution in [3.8, 4) is 0 Å². The first kappa shape index (κ1) is 14.8. The van der Waals surface area contributed by atoms with E-state index in [1.165, 1.54) is 6.07 Å². The number of Topliss-reactive ketones (excluding diaryl/α,β-unsaturated/α-hetero) is 1. The lowest BCUT2D eigenvalue weighted by Crippen LogP contribution is -2.14. The van der Waals surface area contributed by atoms with Gasteiger partial charge in [0.25, 0.3) is 0 Å². The van der Waals surface area contributed by atoms with Crippen molar-refractivity contribution < 1.29 is 18.3 Å². The summed E-state index contributed by atoms with van der Waals surface area (Å²) in [5.41, 5.74) is 0.137. The van der Waals surface area contributed by atoms with Gasteiger partial charge >= 0.3 is 0 Å². The van der Waals surface area contributed by atoms with Gasteiger partial charge in [-0.1, -0.05) is 26.7 Å². The van der Waals surface area contributed by atoms with E-state index >= 15 is 0 Å². The van der Waals surface area contributed by atoms with Crippen LogP contribution < -0.4 is 0 Å². The molecule has 0 amide bonds. The molecule has 1 rings (SSSR count). The molecule has 0 heterocycles. The Morgan fingerprint density at radius 1 is 1.22 bits per heavy atom. The number of hydrogen-bond acceptors (Lipinski definition) is 2. The molecule has 4 heteroatoms. The second-order valence-electron chi connectivity index (χ2n) is 4.25. The molecule has 0 radical (unpaired) electrons. The second kappa shape index (κ2) is 7.21. The van der Waals surface area contributed by atoms with Gasteiger partial charge in [-0.15, -0.1) is 0 Å². The van der Waals surface area contributed by atoms with Gasteiger partial charge in [-0.2, -0.15) is 0 Å². The topological polar surface area (TPSA) is 26.3 Å². The van der Waals surface area contributed by atoms with Crippen LogP contribution in [0.25, 0.3) is 0 Å². The summed E-state index contributed by atoms with van der Waals surface area (Å²) in [6.07, 6.45) is 1.99. The SMILES string of the molecule is CCC(CC)COCC(=O)c1ccc(F)c(F)c1. The standard InChI is InChI=1S/C14H18F2O2/c1-3-10(4-2)8-18-9-14(17)11-5-6-12(15)13(16)7-11/h5-7,10H,3-4,8-9H2,1-2H3. The van der Waals surface area contributed by atoms with Gasteiger partial charge < -0.3 is 4.74 Å². The summed E-state index contributed by atoms with van der Waals surface area (Å²) in [7, 11) is 0. The van der Waals surface area contributed by atoms with E-state index in [-0.39, 0.29) is 18.0 Å². The second-order valence-corrected chi connectivity index (χ2v) is 4.25. The third-order valence-electron chi connectivity index (χ3n) is 2.98. The highest BCUT2D eigenvalue weighted by Crippen LogP contribution is 2.11. The minimum Gasteiger partial charge on any atom is -0.373 e.